The molecule has 0 amide bonds. The van der Waals surface area contributed by atoms with Gasteiger partial charge in [0.05, 0.1) is 10.2 Å². The molecule has 0 saturated carbocycles. The lowest BCUT2D eigenvalue weighted by Gasteiger charge is -2.04. The molecule has 3 rings (SSSR count). The van der Waals surface area contributed by atoms with E-state index in [0.717, 1.165) is 22.1 Å². The van der Waals surface area contributed by atoms with E-state index in [9.17, 15) is 12.8 Å². The van der Waals surface area contributed by atoms with Gasteiger partial charge in [0.25, 0.3) is 10.0 Å². The van der Waals surface area contributed by atoms with Crippen molar-refractivity contribution < 1.29 is 12.8 Å². The van der Waals surface area contributed by atoms with Gasteiger partial charge in [-0.3, -0.25) is 4.72 Å². The van der Waals surface area contributed by atoms with Crippen LogP contribution in [0.4, 0.5) is 15.2 Å². The molecule has 2 aromatic heterocycles. The SMILES string of the molecule is Nc1ccc2nc(NS(=O)(=O)c3ncccc3F)sc2c1. The van der Waals surface area contributed by atoms with Gasteiger partial charge in [0.15, 0.2) is 10.9 Å². The van der Waals surface area contributed by atoms with Crippen molar-refractivity contribution >= 4 is 42.4 Å². The number of nitrogen functional groups attached to an aromatic ring is 1. The Hall–Kier alpha value is -2.26. The summed E-state index contributed by atoms with van der Waals surface area (Å²) in [7, 11) is -4.12. The van der Waals surface area contributed by atoms with E-state index in [1.807, 2.05) is 0 Å². The Morgan fingerprint density at radius 3 is 2.86 bits per heavy atom. The highest BCUT2D eigenvalue weighted by atomic mass is 32.2. The van der Waals surface area contributed by atoms with Gasteiger partial charge in [0.2, 0.25) is 5.03 Å². The number of halogens is 1. The van der Waals surface area contributed by atoms with Gasteiger partial charge in [-0.2, -0.15) is 8.42 Å². The molecule has 3 aromatic rings. The van der Waals surface area contributed by atoms with E-state index in [0.29, 0.717) is 11.2 Å². The second-order valence-electron chi connectivity index (χ2n) is 4.14. The van der Waals surface area contributed by atoms with Gasteiger partial charge in [-0.15, -0.1) is 0 Å². The fourth-order valence-corrected chi connectivity index (χ4v) is 3.88. The van der Waals surface area contributed by atoms with Gasteiger partial charge in [0.1, 0.15) is 0 Å². The second kappa shape index (κ2) is 4.93. The lowest BCUT2D eigenvalue weighted by atomic mass is 10.3. The van der Waals surface area contributed by atoms with E-state index < -0.39 is 20.9 Å². The zero-order valence-electron chi connectivity index (χ0n) is 10.4. The first-order valence-corrected chi connectivity index (χ1v) is 8.05. The Labute approximate surface area is 123 Å². The third kappa shape index (κ3) is 2.65. The van der Waals surface area contributed by atoms with Crippen molar-refractivity contribution in [1.82, 2.24) is 9.97 Å². The Bertz CT molecular complexity index is 924. The smallest absolute Gasteiger partial charge is 0.284 e. The minimum absolute atomic E-state index is 0.126. The van der Waals surface area contributed by atoms with E-state index in [1.54, 1.807) is 18.2 Å². The van der Waals surface area contributed by atoms with E-state index in [1.165, 1.54) is 12.3 Å². The van der Waals surface area contributed by atoms with Gasteiger partial charge < -0.3 is 5.73 Å². The van der Waals surface area contributed by atoms with Crippen molar-refractivity contribution in [3.8, 4) is 0 Å². The minimum atomic E-state index is -4.12. The standard InChI is InChI=1S/C12H9FN4O2S2/c13-8-2-1-5-15-11(8)21(18,19)17-12-16-9-4-3-7(14)6-10(9)20-12/h1-6H,14H2,(H,16,17). The van der Waals surface area contributed by atoms with Crippen molar-refractivity contribution in [2.45, 2.75) is 5.03 Å². The van der Waals surface area contributed by atoms with E-state index >= 15 is 0 Å². The number of nitrogens with two attached hydrogens (primary N) is 1. The Balaban J connectivity index is 1.99. The summed E-state index contributed by atoms with van der Waals surface area (Å²) >= 11 is 1.11. The van der Waals surface area contributed by atoms with E-state index in [2.05, 4.69) is 14.7 Å². The van der Waals surface area contributed by atoms with Crippen molar-refractivity contribution in [3.63, 3.8) is 0 Å². The van der Waals surface area contributed by atoms with Crippen LogP contribution >= 0.6 is 11.3 Å². The molecule has 9 heteroatoms. The summed E-state index contributed by atoms with van der Waals surface area (Å²) in [5.74, 6) is -0.921. The minimum Gasteiger partial charge on any atom is -0.399 e. The molecule has 0 radical (unpaired) electrons. The van der Waals surface area contributed by atoms with Crippen molar-refractivity contribution in [3.05, 3.63) is 42.3 Å². The fraction of sp³-hybridized carbons (Fsp3) is 0. The Morgan fingerprint density at radius 1 is 1.29 bits per heavy atom. The molecule has 0 unspecified atom stereocenters. The fourth-order valence-electron chi connectivity index (χ4n) is 1.72. The normalized spacial score (nSPS) is 11.7. The van der Waals surface area contributed by atoms with Gasteiger partial charge in [0, 0.05) is 11.9 Å². The predicted octanol–water partition coefficient (Wildman–Crippen LogP) is 2.21. The molecule has 0 aliphatic rings. The average molecular weight is 324 g/mol. The summed E-state index contributed by atoms with van der Waals surface area (Å²) in [6.45, 7) is 0. The van der Waals surface area contributed by atoms with Gasteiger partial charge in [-0.05, 0) is 30.3 Å². The molecule has 0 atom stereocenters. The zero-order chi connectivity index (χ0) is 15.0. The first-order valence-electron chi connectivity index (χ1n) is 5.75. The van der Waals surface area contributed by atoms with Crippen LogP contribution in [0.3, 0.4) is 0 Å². The third-order valence-corrected chi connectivity index (χ3v) is 4.95. The number of pyridine rings is 1. The summed E-state index contributed by atoms with van der Waals surface area (Å²) < 4.78 is 40.7. The molecule has 21 heavy (non-hydrogen) atoms. The number of hydrogen-bond donors (Lipinski definition) is 2. The molecule has 108 valence electrons. The molecule has 1 aromatic carbocycles. The molecule has 0 fully saturated rings. The molecule has 0 saturated heterocycles. The number of nitrogens with zero attached hydrogens (tertiary/aromatic N) is 2. The van der Waals surface area contributed by atoms with Gasteiger partial charge in [-0.1, -0.05) is 11.3 Å². The molecule has 0 spiro atoms. The highest BCUT2D eigenvalue weighted by molar-refractivity contribution is 7.92. The monoisotopic (exact) mass is 324 g/mol. The number of anilines is 2. The van der Waals surface area contributed by atoms with Crippen LogP contribution in [0.5, 0.6) is 0 Å². The van der Waals surface area contributed by atoms with E-state index in [4.69, 9.17) is 5.73 Å². The highest BCUT2D eigenvalue weighted by Crippen LogP contribution is 2.29. The van der Waals surface area contributed by atoms with Crippen LogP contribution in [0, 0.1) is 5.82 Å². The predicted molar refractivity (Wildman–Crippen MR) is 79.0 cm³/mol. The zero-order valence-corrected chi connectivity index (χ0v) is 12.1. The summed E-state index contributed by atoms with van der Waals surface area (Å²) in [5, 5.41) is -0.538. The maximum Gasteiger partial charge on any atom is 0.284 e. The quantitative estimate of drug-likeness (QED) is 0.720. The number of nitrogens with one attached hydrogen (secondary N) is 1. The second-order valence-corrected chi connectivity index (χ2v) is 6.77. The Morgan fingerprint density at radius 2 is 2.10 bits per heavy atom. The van der Waals surface area contributed by atoms with Crippen LogP contribution in [-0.4, -0.2) is 18.4 Å². The van der Waals surface area contributed by atoms with Crippen LogP contribution < -0.4 is 10.5 Å². The van der Waals surface area contributed by atoms with Gasteiger partial charge in [-0.25, -0.2) is 14.4 Å². The van der Waals surface area contributed by atoms with Gasteiger partial charge >= 0.3 is 0 Å². The number of rotatable bonds is 3. The first kappa shape index (κ1) is 13.7. The van der Waals surface area contributed by atoms with Crippen LogP contribution in [0.15, 0.2) is 41.6 Å². The number of fused-ring (bicyclic) bond motifs is 1. The third-order valence-electron chi connectivity index (χ3n) is 2.61. The number of aromatic nitrogens is 2. The molecular weight excluding hydrogens is 315 g/mol. The summed E-state index contributed by atoms with van der Waals surface area (Å²) in [6.07, 6.45) is 1.21. The molecule has 0 bridgehead atoms. The molecule has 3 N–H and O–H groups in total. The van der Waals surface area contributed by atoms with Crippen LogP contribution in [0.25, 0.3) is 10.2 Å². The summed E-state index contributed by atoms with van der Waals surface area (Å²) in [6, 6.07) is 7.38. The molecule has 6 nitrogen and oxygen atoms in total. The lowest BCUT2D eigenvalue weighted by molar-refractivity contribution is 0.557. The molecule has 2 heterocycles. The lowest BCUT2D eigenvalue weighted by Crippen LogP contribution is -2.15. The van der Waals surface area contributed by atoms with Crippen molar-refractivity contribution in [2.24, 2.45) is 0 Å². The summed E-state index contributed by atoms with van der Waals surface area (Å²) in [5.41, 5.74) is 6.81. The number of benzene rings is 1. The van der Waals surface area contributed by atoms with E-state index in [-0.39, 0.29) is 5.13 Å². The first-order chi connectivity index (χ1) is 9.95. The molecule has 0 aliphatic carbocycles. The van der Waals surface area contributed by atoms with Crippen LogP contribution in [0.1, 0.15) is 0 Å². The van der Waals surface area contributed by atoms with Crippen molar-refractivity contribution in [1.29, 1.82) is 0 Å². The maximum atomic E-state index is 13.5. The average Bonchev–Trinajstić information content (AvgIpc) is 2.79. The largest absolute Gasteiger partial charge is 0.399 e. The molecule has 0 aliphatic heterocycles. The Kier molecular flexibility index (Phi) is 3.22. The molecular formula is C12H9FN4O2S2. The highest BCUT2D eigenvalue weighted by Gasteiger charge is 2.22. The van der Waals surface area contributed by atoms with Crippen molar-refractivity contribution in [2.75, 3.05) is 10.5 Å². The van der Waals surface area contributed by atoms with Crippen LogP contribution in [0.2, 0.25) is 0 Å². The van der Waals surface area contributed by atoms with Crippen LogP contribution in [-0.2, 0) is 10.0 Å². The summed E-state index contributed by atoms with van der Waals surface area (Å²) in [4.78, 5) is 7.66. The number of thiazole rings is 1. The number of sulfonamides is 1. The topological polar surface area (TPSA) is 98.0 Å². The number of hydrogen-bond acceptors (Lipinski definition) is 6. The maximum absolute atomic E-state index is 13.5.